The first kappa shape index (κ1) is 38.5. The van der Waals surface area contributed by atoms with Crippen LogP contribution in [-0.2, 0) is 32.4 Å². The molecule has 0 radical (unpaired) electrons. The Morgan fingerprint density at radius 2 is 1.48 bits per heavy atom. The second-order valence-corrected chi connectivity index (χ2v) is 15.3. The molecule has 10 nitrogen and oxygen atoms in total. The van der Waals surface area contributed by atoms with E-state index in [1.807, 2.05) is 18.2 Å². The van der Waals surface area contributed by atoms with Gasteiger partial charge in [0, 0.05) is 56.4 Å². The lowest BCUT2D eigenvalue weighted by atomic mass is 9.85. The van der Waals surface area contributed by atoms with Gasteiger partial charge < -0.3 is 20.9 Å². The van der Waals surface area contributed by atoms with Gasteiger partial charge in [0.2, 0.25) is 11.8 Å². The Morgan fingerprint density at radius 1 is 0.741 bits per heavy atom. The third-order valence-electron chi connectivity index (χ3n) is 11.5. The van der Waals surface area contributed by atoms with Crippen molar-refractivity contribution in [3.63, 3.8) is 0 Å². The molecule has 0 spiro atoms. The number of ether oxygens (including phenoxy) is 2. The second kappa shape index (κ2) is 17.4. The van der Waals surface area contributed by atoms with Crippen LogP contribution in [0.2, 0.25) is 0 Å². The molecule has 1 aliphatic heterocycles. The van der Waals surface area contributed by atoms with Crippen LogP contribution < -0.4 is 20.9 Å². The highest BCUT2D eigenvalue weighted by Gasteiger charge is 2.29. The normalized spacial score (nSPS) is 16.9. The first-order chi connectivity index (χ1) is 28.3. The van der Waals surface area contributed by atoms with Crippen LogP contribution in [0.15, 0.2) is 128 Å². The Labute approximate surface area is 339 Å². The molecular formula is C48H48N6O4. The predicted octanol–water partition coefficient (Wildman–Crippen LogP) is 8.50. The topological polar surface area (TPSA) is 137 Å². The number of hydrogen-bond acceptors (Lipinski definition) is 8. The van der Waals surface area contributed by atoms with Crippen LogP contribution in [0.1, 0.15) is 91.0 Å². The van der Waals surface area contributed by atoms with E-state index in [-0.39, 0.29) is 0 Å². The fourth-order valence-corrected chi connectivity index (χ4v) is 8.56. The lowest BCUT2D eigenvalue weighted by Gasteiger charge is -2.39. The molecule has 0 saturated carbocycles. The minimum atomic E-state index is -0.540. The average Bonchev–Trinajstić information content (AvgIpc) is 3.68. The molecule has 2 amide bonds. The third kappa shape index (κ3) is 8.78. The molecule has 294 valence electrons. The number of carbonyl (C=O) groups is 2. The van der Waals surface area contributed by atoms with Gasteiger partial charge >= 0.3 is 0 Å². The first-order valence-corrected chi connectivity index (χ1v) is 19.9. The smallest absolute Gasteiger partial charge is 0.254 e. The molecule has 2 unspecified atom stereocenters. The summed E-state index contributed by atoms with van der Waals surface area (Å²) in [6.07, 6.45) is 11.1. The molecule has 2 aliphatic carbocycles. The Morgan fingerprint density at radius 3 is 2.24 bits per heavy atom. The highest BCUT2D eigenvalue weighted by molar-refractivity contribution is 5.95. The van der Waals surface area contributed by atoms with Crippen molar-refractivity contribution < 1.29 is 19.1 Å². The summed E-state index contributed by atoms with van der Waals surface area (Å²) in [6, 6.07) is 37.7. The number of nitrogens with zero attached hydrogens (tertiary/aromatic N) is 4. The number of benzene rings is 4. The van der Waals surface area contributed by atoms with Gasteiger partial charge in [-0.15, -0.1) is 0 Å². The quantitative estimate of drug-likeness (QED) is 0.142. The SMILES string of the molecule is CN(Cc1ccccc1)C1CCc2cc(Oc3ccc(C(N)=O)cn3)ccc21.NC(=O)c1cnccc1Oc1ccc2c(c1)CCCC2N1CCc2ccccc2C1. The van der Waals surface area contributed by atoms with Gasteiger partial charge in [0.05, 0.1) is 5.56 Å². The molecular weight excluding hydrogens is 725 g/mol. The second-order valence-electron chi connectivity index (χ2n) is 15.3. The van der Waals surface area contributed by atoms with E-state index in [1.54, 1.807) is 24.4 Å². The maximum absolute atomic E-state index is 11.6. The van der Waals surface area contributed by atoms with Crippen molar-refractivity contribution in [2.45, 2.75) is 63.7 Å². The van der Waals surface area contributed by atoms with E-state index in [0.29, 0.717) is 34.8 Å². The number of hydrogen-bond donors (Lipinski definition) is 2. The molecule has 2 atom stereocenters. The van der Waals surface area contributed by atoms with Crippen LogP contribution in [0.4, 0.5) is 0 Å². The van der Waals surface area contributed by atoms with Gasteiger partial charge in [0.15, 0.2) is 0 Å². The molecule has 3 aliphatic rings. The van der Waals surface area contributed by atoms with Gasteiger partial charge in [-0.3, -0.25) is 24.4 Å². The molecule has 4 N–H and O–H groups in total. The maximum atomic E-state index is 11.6. The van der Waals surface area contributed by atoms with E-state index in [4.69, 9.17) is 20.9 Å². The Balaban J connectivity index is 0.000000162. The van der Waals surface area contributed by atoms with Crippen molar-refractivity contribution in [1.29, 1.82) is 0 Å². The molecule has 4 aromatic carbocycles. The fourth-order valence-electron chi connectivity index (χ4n) is 8.56. The van der Waals surface area contributed by atoms with Gasteiger partial charge in [0.25, 0.3) is 5.91 Å². The largest absolute Gasteiger partial charge is 0.456 e. The number of aromatic nitrogens is 2. The Kier molecular flexibility index (Phi) is 11.6. The standard InChI is InChI=1S/C25H25N3O2.C23H23N3O2/c26-25(29)22-15-27-12-10-24(22)30-20-8-9-21-18(14-20)6-3-7-23(21)28-13-11-17-4-1-2-5-19(17)16-28;1-26(15-16-5-3-2-4-6-16)21-11-7-17-13-19(9-10-20(17)21)28-22-12-8-18(14-25-22)23(24)27/h1-2,4-5,8-10,12,14-15,23H,3,6-7,11,13,16H2,(H2,26,29);2-6,8-10,12-14,21H,7,11,15H2,1H3,(H2,24,27). The number of amides is 2. The summed E-state index contributed by atoms with van der Waals surface area (Å²) >= 11 is 0. The summed E-state index contributed by atoms with van der Waals surface area (Å²) in [5.74, 6) is 1.33. The lowest BCUT2D eigenvalue weighted by Crippen LogP contribution is -2.35. The number of pyridine rings is 2. The monoisotopic (exact) mass is 772 g/mol. The molecule has 0 saturated heterocycles. The molecule has 9 rings (SSSR count). The Hall–Kier alpha value is -6.36. The van der Waals surface area contributed by atoms with Gasteiger partial charge in [0.1, 0.15) is 22.8 Å². The number of nitrogens with two attached hydrogens (primary N) is 2. The minimum absolute atomic E-state index is 0.292. The number of carbonyl (C=O) groups excluding carboxylic acids is 2. The number of aryl methyl sites for hydroxylation is 2. The minimum Gasteiger partial charge on any atom is -0.456 e. The number of fused-ring (bicyclic) bond motifs is 3. The van der Waals surface area contributed by atoms with Crippen LogP contribution in [0.25, 0.3) is 0 Å². The van der Waals surface area contributed by atoms with Crippen molar-refractivity contribution in [2.24, 2.45) is 11.5 Å². The van der Waals surface area contributed by atoms with Crippen molar-refractivity contribution in [3.05, 3.63) is 178 Å². The molecule has 10 heteroatoms. The molecule has 0 bridgehead atoms. The molecule has 0 fully saturated rings. The Bertz CT molecular complexity index is 2400. The van der Waals surface area contributed by atoms with E-state index < -0.39 is 11.8 Å². The van der Waals surface area contributed by atoms with Crippen molar-refractivity contribution >= 4 is 11.8 Å². The van der Waals surface area contributed by atoms with E-state index >= 15 is 0 Å². The summed E-state index contributed by atoms with van der Waals surface area (Å²) in [5.41, 5.74) is 21.0. The highest BCUT2D eigenvalue weighted by Crippen LogP contribution is 2.40. The van der Waals surface area contributed by atoms with Crippen LogP contribution in [0, 0.1) is 0 Å². The zero-order valence-electron chi connectivity index (χ0n) is 32.7. The van der Waals surface area contributed by atoms with Crippen molar-refractivity contribution in [2.75, 3.05) is 13.6 Å². The van der Waals surface area contributed by atoms with E-state index in [2.05, 4.69) is 99.6 Å². The van der Waals surface area contributed by atoms with E-state index in [1.165, 1.54) is 64.2 Å². The lowest BCUT2D eigenvalue weighted by molar-refractivity contribution is 0.0990. The number of primary amides is 2. The van der Waals surface area contributed by atoms with Crippen molar-refractivity contribution in [3.8, 4) is 23.1 Å². The molecule has 58 heavy (non-hydrogen) atoms. The third-order valence-corrected chi connectivity index (χ3v) is 11.5. The van der Waals surface area contributed by atoms with Crippen LogP contribution >= 0.6 is 0 Å². The van der Waals surface area contributed by atoms with Gasteiger partial charge in [-0.25, -0.2) is 4.98 Å². The van der Waals surface area contributed by atoms with Crippen LogP contribution in [0.3, 0.4) is 0 Å². The van der Waals surface area contributed by atoms with E-state index in [9.17, 15) is 9.59 Å². The maximum Gasteiger partial charge on any atom is 0.254 e. The van der Waals surface area contributed by atoms with Crippen LogP contribution in [-0.4, -0.2) is 45.2 Å². The fraction of sp³-hybridized carbons (Fsp3) is 0.250. The van der Waals surface area contributed by atoms with Crippen molar-refractivity contribution in [1.82, 2.24) is 19.8 Å². The summed E-state index contributed by atoms with van der Waals surface area (Å²) in [6.45, 7) is 3.04. The molecule has 3 heterocycles. The summed E-state index contributed by atoms with van der Waals surface area (Å²) in [7, 11) is 2.18. The molecule has 6 aromatic rings. The zero-order chi connectivity index (χ0) is 40.0. The summed E-state index contributed by atoms with van der Waals surface area (Å²) < 4.78 is 11.9. The zero-order valence-corrected chi connectivity index (χ0v) is 32.7. The molecule has 2 aromatic heterocycles. The average molecular weight is 773 g/mol. The van der Waals surface area contributed by atoms with E-state index in [0.717, 1.165) is 56.8 Å². The summed E-state index contributed by atoms with van der Waals surface area (Å²) in [4.78, 5) is 35.9. The summed E-state index contributed by atoms with van der Waals surface area (Å²) in [5, 5.41) is 0. The van der Waals surface area contributed by atoms with Gasteiger partial charge in [-0.1, -0.05) is 66.7 Å². The highest BCUT2D eigenvalue weighted by atomic mass is 16.5. The van der Waals surface area contributed by atoms with Gasteiger partial charge in [-0.05, 0) is 121 Å². The number of rotatable bonds is 10. The van der Waals surface area contributed by atoms with Gasteiger partial charge in [-0.2, -0.15) is 0 Å². The first-order valence-electron chi connectivity index (χ1n) is 19.9. The van der Waals surface area contributed by atoms with Crippen LogP contribution in [0.5, 0.6) is 23.1 Å². The predicted molar refractivity (Wildman–Crippen MR) is 224 cm³/mol.